The van der Waals surface area contributed by atoms with E-state index in [9.17, 15) is 15.0 Å². The number of aromatic hydroxyl groups is 1. The van der Waals surface area contributed by atoms with Crippen LogP contribution in [0.2, 0.25) is 0 Å². The molecule has 0 radical (unpaired) electrons. The number of rotatable bonds is 2. The molecule has 5 nitrogen and oxygen atoms in total. The zero-order valence-corrected chi connectivity index (χ0v) is 14.3. The summed E-state index contributed by atoms with van der Waals surface area (Å²) in [5.74, 6) is 0.636. The van der Waals surface area contributed by atoms with Gasteiger partial charge in [0, 0.05) is 36.1 Å². The number of aliphatic hydroxyl groups is 1. The van der Waals surface area contributed by atoms with Crippen LogP contribution in [0, 0.1) is 5.92 Å². The Hall–Kier alpha value is -1.43. The Bertz CT molecular complexity index is 688. The molecule has 130 valence electrons. The number of ketones is 1. The molecule has 3 aliphatic rings. The molecule has 1 saturated heterocycles. The van der Waals surface area contributed by atoms with Gasteiger partial charge in [0.15, 0.2) is 5.78 Å². The number of likely N-dealkylation sites (tertiary alicyclic amines) is 1. The number of aliphatic hydroxyl groups excluding tert-OH is 1. The third-order valence-electron chi connectivity index (χ3n) is 6.70. The molecule has 4 rings (SSSR count). The van der Waals surface area contributed by atoms with E-state index in [2.05, 4.69) is 11.9 Å². The van der Waals surface area contributed by atoms with E-state index in [1.54, 1.807) is 7.11 Å². The fourth-order valence-corrected chi connectivity index (χ4v) is 5.47. The fraction of sp³-hybridized carbons (Fsp3) is 0.632. The van der Waals surface area contributed by atoms with Crippen molar-refractivity contribution in [1.82, 2.24) is 4.90 Å². The quantitative estimate of drug-likeness (QED) is 0.857. The second-order valence-corrected chi connectivity index (χ2v) is 7.63. The van der Waals surface area contributed by atoms with Crippen LogP contribution in [0.3, 0.4) is 0 Å². The van der Waals surface area contributed by atoms with Crippen LogP contribution in [0.4, 0.5) is 0 Å². The lowest BCUT2D eigenvalue weighted by Crippen LogP contribution is -2.63. The summed E-state index contributed by atoms with van der Waals surface area (Å²) in [6.45, 7) is 0.742. The summed E-state index contributed by atoms with van der Waals surface area (Å²) in [5.41, 5.74) is 2.29. The second kappa shape index (κ2) is 5.55. The predicted octanol–water partition coefficient (Wildman–Crippen LogP) is 1.38. The summed E-state index contributed by atoms with van der Waals surface area (Å²) in [6, 6.07) is 4.21. The summed E-state index contributed by atoms with van der Waals surface area (Å²) < 4.78 is 5.44. The highest BCUT2D eigenvalue weighted by atomic mass is 16.5. The van der Waals surface area contributed by atoms with Crippen LogP contribution in [0.1, 0.15) is 36.0 Å². The number of nitrogens with zero attached hydrogens (tertiary/aromatic N) is 1. The molecule has 2 aliphatic carbocycles. The number of methoxy groups -OCH3 is 1. The van der Waals surface area contributed by atoms with Crippen molar-refractivity contribution in [2.45, 2.75) is 49.9 Å². The lowest BCUT2D eigenvalue weighted by atomic mass is 9.51. The maximum Gasteiger partial charge on any atom is 0.162 e. The number of fused-ring (bicyclic) bond motifs is 1. The van der Waals surface area contributed by atoms with Crippen LogP contribution in [-0.4, -0.2) is 53.7 Å². The van der Waals surface area contributed by atoms with Crippen molar-refractivity contribution in [2.75, 3.05) is 20.7 Å². The minimum atomic E-state index is -0.332. The van der Waals surface area contributed by atoms with Crippen LogP contribution in [0.5, 0.6) is 5.75 Å². The predicted molar refractivity (Wildman–Crippen MR) is 89.0 cm³/mol. The highest BCUT2D eigenvalue weighted by Gasteiger charge is 2.58. The summed E-state index contributed by atoms with van der Waals surface area (Å²) in [6.07, 6.45) is 2.55. The number of likely N-dealkylation sites (N-methyl/N-ethyl adjacent to an activating group) is 1. The molecule has 2 N–H and O–H groups in total. The van der Waals surface area contributed by atoms with E-state index in [0.29, 0.717) is 30.4 Å². The molecule has 0 aromatic heterocycles. The Morgan fingerprint density at radius 2 is 2.21 bits per heavy atom. The first-order valence-electron chi connectivity index (χ1n) is 8.72. The first kappa shape index (κ1) is 16.1. The summed E-state index contributed by atoms with van der Waals surface area (Å²) in [5, 5.41) is 20.4. The average Bonchev–Trinajstić information content (AvgIpc) is 2.57. The average molecular weight is 331 g/mol. The van der Waals surface area contributed by atoms with Gasteiger partial charge in [-0.3, -0.25) is 4.79 Å². The van der Waals surface area contributed by atoms with Crippen molar-refractivity contribution in [3.8, 4) is 5.75 Å². The molecule has 1 unspecified atom stereocenters. The second-order valence-electron chi connectivity index (χ2n) is 7.63. The lowest BCUT2D eigenvalue weighted by molar-refractivity contribution is -0.141. The highest BCUT2D eigenvalue weighted by molar-refractivity contribution is 5.86. The fourth-order valence-electron chi connectivity index (χ4n) is 5.47. The van der Waals surface area contributed by atoms with Crippen molar-refractivity contribution in [2.24, 2.45) is 5.92 Å². The molecular formula is C19H25NO4. The van der Waals surface area contributed by atoms with E-state index >= 15 is 0 Å². The van der Waals surface area contributed by atoms with Crippen LogP contribution in [0.25, 0.3) is 0 Å². The third-order valence-corrected chi connectivity index (χ3v) is 6.70. The van der Waals surface area contributed by atoms with Gasteiger partial charge in [-0.15, -0.1) is 0 Å². The summed E-state index contributed by atoms with van der Waals surface area (Å²) in [4.78, 5) is 15.1. The van der Waals surface area contributed by atoms with Gasteiger partial charge in [0.25, 0.3) is 0 Å². The van der Waals surface area contributed by atoms with Crippen LogP contribution >= 0.6 is 0 Å². The number of ether oxygens (including phenoxy) is 1. The van der Waals surface area contributed by atoms with Crippen LogP contribution < -0.4 is 0 Å². The van der Waals surface area contributed by atoms with E-state index in [0.717, 1.165) is 30.5 Å². The first-order chi connectivity index (χ1) is 11.5. The van der Waals surface area contributed by atoms with E-state index in [1.165, 1.54) is 0 Å². The largest absolute Gasteiger partial charge is 0.507 e. The number of carbonyl (C=O) groups is 1. The number of benzene rings is 1. The minimum Gasteiger partial charge on any atom is -0.507 e. The van der Waals surface area contributed by atoms with Gasteiger partial charge >= 0.3 is 0 Å². The minimum absolute atomic E-state index is 0.138. The number of piperidine rings is 1. The molecule has 2 fully saturated rings. The van der Waals surface area contributed by atoms with E-state index < -0.39 is 0 Å². The maximum atomic E-state index is 12.7. The lowest BCUT2D eigenvalue weighted by Gasteiger charge is -2.58. The molecule has 4 atom stereocenters. The first-order valence-corrected chi connectivity index (χ1v) is 8.72. The van der Waals surface area contributed by atoms with Gasteiger partial charge < -0.3 is 19.8 Å². The number of hydrogen-bond donors (Lipinski definition) is 2. The normalized spacial score (nSPS) is 35.5. The van der Waals surface area contributed by atoms with Crippen molar-refractivity contribution < 1.29 is 19.7 Å². The Morgan fingerprint density at radius 1 is 1.42 bits per heavy atom. The van der Waals surface area contributed by atoms with Gasteiger partial charge in [-0.05, 0) is 44.3 Å². The van der Waals surface area contributed by atoms with Crippen molar-refractivity contribution in [1.29, 1.82) is 0 Å². The monoisotopic (exact) mass is 331 g/mol. The molecule has 1 aromatic rings. The van der Waals surface area contributed by atoms with Gasteiger partial charge in [-0.25, -0.2) is 0 Å². The number of carbonyl (C=O) groups excluding carboxylic acids is 1. The molecule has 1 aliphatic heterocycles. The maximum absolute atomic E-state index is 12.7. The summed E-state index contributed by atoms with van der Waals surface area (Å²) in [7, 11) is 3.76. The highest BCUT2D eigenvalue weighted by Crippen LogP contribution is 2.57. The zero-order valence-electron chi connectivity index (χ0n) is 14.3. The Labute approximate surface area is 142 Å². The van der Waals surface area contributed by atoms with Crippen LogP contribution in [-0.2, 0) is 28.0 Å². The van der Waals surface area contributed by atoms with E-state index in [4.69, 9.17) is 4.74 Å². The number of phenols is 1. The molecule has 5 heteroatoms. The molecule has 2 bridgehead atoms. The van der Waals surface area contributed by atoms with Gasteiger partial charge in [0.05, 0.1) is 6.61 Å². The van der Waals surface area contributed by atoms with Crippen molar-refractivity contribution in [3.63, 3.8) is 0 Å². The Kier molecular flexibility index (Phi) is 3.71. The number of hydrogen-bond acceptors (Lipinski definition) is 5. The SMILES string of the molecule is COC1C[C@@H]2[C@@H]3Cc4ccc(CO)c(O)c4[C@]2(CCN3C)CC1=O. The molecule has 1 heterocycles. The Balaban J connectivity index is 1.91. The van der Waals surface area contributed by atoms with E-state index in [-0.39, 0.29) is 29.7 Å². The molecule has 24 heavy (non-hydrogen) atoms. The Morgan fingerprint density at radius 3 is 2.92 bits per heavy atom. The number of Topliss-reactive ketones (excluding diaryl/α,β-unsaturated/α-hetero) is 1. The molecule has 1 aromatic carbocycles. The van der Waals surface area contributed by atoms with Gasteiger partial charge in [-0.2, -0.15) is 0 Å². The third kappa shape index (κ3) is 2.01. The van der Waals surface area contributed by atoms with Crippen molar-refractivity contribution >= 4 is 5.78 Å². The van der Waals surface area contributed by atoms with Gasteiger partial charge in [0.1, 0.15) is 11.9 Å². The van der Waals surface area contributed by atoms with Gasteiger partial charge in [0.2, 0.25) is 0 Å². The van der Waals surface area contributed by atoms with Crippen molar-refractivity contribution in [3.05, 3.63) is 28.8 Å². The molecular weight excluding hydrogens is 306 g/mol. The van der Waals surface area contributed by atoms with Crippen LogP contribution in [0.15, 0.2) is 12.1 Å². The molecule has 0 amide bonds. The van der Waals surface area contributed by atoms with Gasteiger partial charge in [-0.1, -0.05) is 12.1 Å². The smallest absolute Gasteiger partial charge is 0.162 e. The molecule has 0 spiro atoms. The molecule has 1 saturated carbocycles. The zero-order chi connectivity index (χ0) is 17.1. The summed E-state index contributed by atoms with van der Waals surface area (Å²) >= 11 is 0. The van der Waals surface area contributed by atoms with E-state index in [1.807, 2.05) is 12.1 Å². The topological polar surface area (TPSA) is 70.0 Å². The standard InChI is InChI=1S/C19H25NO4/c1-20-6-5-19-9-15(22)16(24-2)8-13(19)14(20)7-11-3-4-12(10-21)18(23)17(11)19/h3-4,13-14,16,21,23H,5-10H2,1-2H3/t13-,14+,16?,19-/m1/s1.